The molecule has 0 atom stereocenters. The topological polar surface area (TPSA) is 3.24 Å². The van der Waals surface area contributed by atoms with Crippen molar-refractivity contribution < 1.29 is 0 Å². The monoisotopic (exact) mass is 137 g/mol. The number of allylic oxidation sites excluding steroid dienone is 2. The quantitative estimate of drug-likeness (QED) is 0.564. The molecule has 0 aromatic carbocycles. The van der Waals surface area contributed by atoms with Gasteiger partial charge in [-0.05, 0) is 25.6 Å². The van der Waals surface area contributed by atoms with Gasteiger partial charge in [-0.1, -0.05) is 18.6 Å². The van der Waals surface area contributed by atoms with Crippen LogP contribution in [0.2, 0.25) is 0 Å². The lowest BCUT2D eigenvalue weighted by Gasteiger charge is -2.22. The number of nitrogens with zero attached hydrogens (tertiary/aromatic N) is 1. The maximum atomic E-state index is 2.34. The van der Waals surface area contributed by atoms with Crippen LogP contribution in [0.3, 0.4) is 0 Å². The van der Waals surface area contributed by atoms with Crippen LogP contribution in [0, 0.1) is 0 Å². The zero-order valence-corrected chi connectivity index (χ0v) is 6.80. The summed E-state index contributed by atoms with van der Waals surface area (Å²) in [4.78, 5) is 2.34. The van der Waals surface area contributed by atoms with E-state index in [4.69, 9.17) is 0 Å². The average Bonchev–Trinajstić information content (AvgIpc) is 1.88. The Morgan fingerprint density at radius 3 is 3.00 bits per heavy atom. The number of hydrogen-bond donors (Lipinski definition) is 0. The fraction of sp³-hybridized carbons (Fsp3) is 0.556. The maximum absolute atomic E-state index is 2.34. The molecule has 1 nitrogen and oxygen atoms in total. The van der Waals surface area contributed by atoms with Crippen molar-refractivity contribution in [3.63, 3.8) is 0 Å². The first-order chi connectivity index (χ1) is 4.83. The highest BCUT2D eigenvalue weighted by molar-refractivity contribution is 5.16. The largest absolute Gasteiger partial charge is 0.373 e. The molecule has 56 valence electrons. The molecule has 1 aliphatic rings. The molecule has 0 spiro atoms. The molecule has 0 aromatic rings. The lowest BCUT2D eigenvalue weighted by molar-refractivity contribution is 0.401. The second-order valence-corrected chi connectivity index (χ2v) is 2.83. The van der Waals surface area contributed by atoms with E-state index in [1.54, 1.807) is 0 Å². The van der Waals surface area contributed by atoms with Crippen molar-refractivity contribution >= 4 is 0 Å². The van der Waals surface area contributed by atoms with Crippen molar-refractivity contribution in [2.24, 2.45) is 0 Å². The molecule has 0 aromatic heterocycles. The molecular weight excluding hydrogens is 122 g/mol. The van der Waals surface area contributed by atoms with E-state index in [2.05, 4.69) is 37.1 Å². The standard InChI is InChI=1S/C9H15N/c1-3-6-10-7-4-5-9(2)8-10/h4-5,7H,3,6,8H2,1-2H3. The van der Waals surface area contributed by atoms with Gasteiger partial charge in [-0.15, -0.1) is 0 Å². The minimum Gasteiger partial charge on any atom is -0.373 e. The number of rotatable bonds is 2. The van der Waals surface area contributed by atoms with E-state index in [0.29, 0.717) is 0 Å². The van der Waals surface area contributed by atoms with Gasteiger partial charge in [-0.2, -0.15) is 0 Å². The Hall–Kier alpha value is -0.720. The summed E-state index contributed by atoms with van der Waals surface area (Å²) in [6, 6.07) is 0. The fourth-order valence-electron chi connectivity index (χ4n) is 1.20. The molecule has 0 saturated carbocycles. The van der Waals surface area contributed by atoms with E-state index in [1.807, 2.05) is 0 Å². The van der Waals surface area contributed by atoms with E-state index in [9.17, 15) is 0 Å². The predicted octanol–water partition coefficient (Wildman–Crippen LogP) is 2.17. The van der Waals surface area contributed by atoms with Crippen LogP contribution in [0.15, 0.2) is 23.9 Å². The first-order valence-electron chi connectivity index (χ1n) is 3.91. The molecule has 0 unspecified atom stereocenters. The van der Waals surface area contributed by atoms with E-state index in [1.165, 1.54) is 18.5 Å². The molecule has 10 heavy (non-hydrogen) atoms. The number of hydrogen-bond acceptors (Lipinski definition) is 1. The van der Waals surface area contributed by atoms with Crippen LogP contribution in [0.4, 0.5) is 0 Å². The third-order valence-electron chi connectivity index (χ3n) is 1.64. The first-order valence-corrected chi connectivity index (χ1v) is 3.91. The van der Waals surface area contributed by atoms with Crippen LogP contribution < -0.4 is 0 Å². The normalized spacial score (nSPS) is 17.4. The minimum atomic E-state index is 1.12. The molecule has 0 bridgehead atoms. The molecule has 1 heteroatoms. The van der Waals surface area contributed by atoms with Gasteiger partial charge in [0.15, 0.2) is 0 Å². The van der Waals surface area contributed by atoms with Crippen LogP contribution >= 0.6 is 0 Å². The molecule has 0 fully saturated rings. The summed E-state index contributed by atoms with van der Waals surface area (Å²) < 4.78 is 0. The Morgan fingerprint density at radius 2 is 2.40 bits per heavy atom. The Bertz CT molecular complexity index is 156. The summed E-state index contributed by atoms with van der Waals surface area (Å²) in [7, 11) is 0. The summed E-state index contributed by atoms with van der Waals surface area (Å²) in [6.07, 6.45) is 7.69. The molecule has 0 N–H and O–H groups in total. The highest BCUT2D eigenvalue weighted by Gasteiger charge is 2.00. The highest BCUT2D eigenvalue weighted by Crippen LogP contribution is 2.05. The van der Waals surface area contributed by atoms with Gasteiger partial charge >= 0.3 is 0 Å². The zero-order chi connectivity index (χ0) is 7.40. The molecule has 1 aliphatic heterocycles. The van der Waals surface area contributed by atoms with Gasteiger partial charge in [0.2, 0.25) is 0 Å². The van der Waals surface area contributed by atoms with Gasteiger partial charge in [-0.3, -0.25) is 0 Å². The first kappa shape index (κ1) is 7.39. The molecule has 0 amide bonds. The van der Waals surface area contributed by atoms with Gasteiger partial charge in [0.25, 0.3) is 0 Å². The molecule has 0 aliphatic carbocycles. The van der Waals surface area contributed by atoms with Crippen molar-refractivity contribution in [3.05, 3.63) is 23.9 Å². The zero-order valence-electron chi connectivity index (χ0n) is 6.80. The molecule has 0 saturated heterocycles. The Morgan fingerprint density at radius 1 is 1.60 bits per heavy atom. The summed E-state index contributed by atoms with van der Waals surface area (Å²) in [5.74, 6) is 0. The summed E-state index contributed by atoms with van der Waals surface area (Å²) in [6.45, 7) is 6.68. The van der Waals surface area contributed by atoms with Crippen molar-refractivity contribution in [2.45, 2.75) is 20.3 Å². The lowest BCUT2D eigenvalue weighted by Crippen LogP contribution is -2.21. The Labute approximate surface area is 63.0 Å². The van der Waals surface area contributed by atoms with Crippen LogP contribution in [0.5, 0.6) is 0 Å². The van der Waals surface area contributed by atoms with Crippen molar-refractivity contribution in [3.8, 4) is 0 Å². The van der Waals surface area contributed by atoms with Crippen LogP contribution in [-0.2, 0) is 0 Å². The predicted molar refractivity (Wildman–Crippen MR) is 44.8 cm³/mol. The van der Waals surface area contributed by atoms with E-state index in [-0.39, 0.29) is 0 Å². The van der Waals surface area contributed by atoms with E-state index in [0.717, 1.165) is 6.54 Å². The third kappa shape index (κ3) is 1.90. The molecule has 1 rings (SSSR count). The lowest BCUT2D eigenvalue weighted by atomic mass is 10.2. The summed E-state index contributed by atoms with van der Waals surface area (Å²) in [5.41, 5.74) is 1.45. The third-order valence-corrected chi connectivity index (χ3v) is 1.64. The van der Waals surface area contributed by atoms with E-state index < -0.39 is 0 Å². The van der Waals surface area contributed by atoms with Crippen molar-refractivity contribution in [1.29, 1.82) is 0 Å². The Balaban J connectivity index is 2.39. The minimum absolute atomic E-state index is 1.12. The molecule has 1 heterocycles. The highest BCUT2D eigenvalue weighted by atomic mass is 15.1. The van der Waals surface area contributed by atoms with Crippen LogP contribution in [0.1, 0.15) is 20.3 Å². The van der Waals surface area contributed by atoms with Gasteiger partial charge in [0, 0.05) is 13.1 Å². The van der Waals surface area contributed by atoms with Gasteiger partial charge in [-0.25, -0.2) is 0 Å². The van der Waals surface area contributed by atoms with Crippen LogP contribution in [0.25, 0.3) is 0 Å². The second-order valence-electron chi connectivity index (χ2n) is 2.83. The fourth-order valence-corrected chi connectivity index (χ4v) is 1.20. The van der Waals surface area contributed by atoms with Gasteiger partial charge in [0.05, 0.1) is 0 Å². The van der Waals surface area contributed by atoms with Crippen molar-refractivity contribution in [1.82, 2.24) is 4.90 Å². The van der Waals surface area contributed by atoms with Crippen molar-refractivity contribution in [2.75, 3.05) is 13.1 Å². The SMILES string of the molecule is CCCN1C=CC=C(C)C1. The maximum Gasteiger partial charge on any atom is 0.0383 e. The van der Waals surface area contributed by atoms with Gasteiger partial charge < -0.3 is 4.90 Å². The average molecular weight is 137 g/mol. The van der Waals surface area contributed by atoms with E-state index >= 15 is 0 Å². The summed E-state index contributed by atoms with van der Waals surface area (Å²) in [5, 5.41) is 0. The Kier molecular flexibility index (Phi) is 2.55. The smallest absolute Gasteiger partial charge is 0.0383 e. The molecule has 0 radical (unpaired) electrons. The van der Waals surface area contributed by atoms with Crippen LogP contribution in [-0.4, -0.2) is 18.0 Å². The molecular formula is C9H15N. The van der Waals surface area contributed by atoms with Gasteiger partial charge in [0.1, 0.15) is 0 Å². The second kappa shape index (κ2) is 3.45. The summed E-state index contributed by atoms with van der Waals surface area (Å²) >= 11 is 0.